The molecule has 0 aliphatic heterocycles. The van der Waals surface area contributed by atoms with Crippen molar-refractivity contribution in [3.8, 4) is 11.1 Å². The number of hydrogen-bond donors (Lipinski definition) is 4. The molecule has 4 aromatic rings. The van der Waals surface area contributed by atoms with Crippen LogP contribution in [0.2, 0.25) is 0 Å². The van der Waals surface area contributed by atoms with E-state index in [0.29, 0.717) is 33.6 Å². The van der Waals surface area contributed by atoms with Gasteiger partial charge in [-0.1, -0.05) is 54.6 Å². The molecule has 0 fully saturated rings. The van der Waals surface area contributed by atoms with Crippen LogP contribution in [0.25, 0.3) is 11.1 Å². The van der Waals surface area contributed by atoms with Gasteiger partial charge in [-0.25, -0.2) is 8.42 Å². The molecule has 0 radical (unpaired) electrons. The standard InChI is InChI=1S/C28H24N4O4S/c1-37(35,36)25-12-5-3-9-22(25)18-13-15-19(16-14-18)27(33)32-24-11-4-2-10-23(24)28(34)31-21-8-6-7-20(17-21)26(29)30/h2-17H,1H3,(H3,29,30)(H,31,34)(H,32,33). The van der Waals surface area contributed by atoms with Gasteiger partial charge in [0.05, 0.1) is 16.1 Å². The molecule has 4 aromatic carbocycles. The van der Waals surface area contributed by atoms with Crippen molar-refractivity contribution in [2.24, 2.45) is 5.73 Å². The topological polar surface area (TPSA) is 142 Å². The number of nitrogen functional groups attached to an aromatic ring is 1. The molecule has 5 N–H and O–H groups in total. The van der Waals surface area contributed by atoms with E-state index in [0.717, 1.165) is 6.26 Å². The number of rotatable bonds is 7. The minimum absolute atomic E-state index is 0.116. The number of benzene rings is 4. The van der Waals surface area contributed by atoms with Crippen LogP contribution in [-0.2, 0) is 9.84 Å². The smallest absolute Gasteiger partial charge is 0.257 e. The predicted octanol–water partition coefficient (Wildman–Crippen LogP) is 4.55. The zero-order valence-electron chi connectivity index (χ0n) is 19.9. The summed E-state index contributed by atoms with van der Waals surface area (Å²) in [6.07, 6.45) is 1.15. The summed E-state index contributed by atoms with van der Waals surface area (Å²) in [5.41, 5.74) is 8.58. The first-order valence-electron chi connectivity index (χ1n) is 11.2. The van der Waals surface area contributed by atoms with Crippen molar-refractivity contribution in [2.45, 2.75) is 4.90 Å². The third kappa shape index (κ3) is 5.91. The Hall–Kier alpha value is -4.76. The van der Waals surface area contributed by atoms with Crippen LogP contribution in [0.1, 0.15) is 26.3 Å². The van der Waals surface area contributed by atoms with Gasteiger partial charge in [-0.15, -0.1) is 0 Å². The maximum atomic E-state index is 13.0. The molecule has 0 aromatic heterocycles. The molecule has 4 rings (SSSR count). The lowest BCUT2D eigenvalue weighted by Crippen LogP contribution is -2.18. The third-order valence-electron chi connectivity index (χ3n) is 5.60. The number of nitrogens with one attached hydrogen (secondary N) is 3. The van der Waals surface area contributed by atoms with E-state index >= 15 is 0 Å². The number of sulfone groups is 1. The molecule has 0 saturated heterocycles. The van der Waals surface area contributed by atoms with Crippen LogP contribution in [0.5, 0.6) is 0 Å². The zero-order chi connectivity index (χ0) is 26.6. The van der Waals surface area contributed by atoms with E-state index < -0.39 is 21.7 Å². The van der Waals surface area contributed by atoms with Crippen molar-refractivity contribution >= 4 is 38.9 Å². The van der Waals surface area contributed by atoms with E-state index in [1.165, 1.54) is 0 Å². The van der Waals surface area contributed by atoms with E-state index in [1.807, 2.05) is 0 Å². The summed E-state index contributed by atoms with van der Waals surface area (Å²) in [6, 6.07) is 26.4. The number of carbonyl (C=O) groups excluding carboxylic acids is 2. The van der Waals surface area contributed by atoms with Gasteiger partial charge in [-0.3, -0.25) is 15.0 Å². The second-order valence-corrected chi connectivity index (χ2v) is 10.3. The Morgan fingerprint density at radius 2 is 1.43 bits per heavy atom. The molecular formula is C28H24N4O4S. The summed E-state index contributed by atoms with van der Waals surface area (Å²) in [7, 11) is -3.42. The van der Waals surface area contributed by atoms with Gasteiger partial charge in [-0.2, -0.15) is 0 Å². The van der Waals surface area contributed by atoms with Gasteiger partial charge in [-0.05, 0) is 48.0 Å². The monoisotopic (exact) mass is 512 g/mol. The van der Waals surface area contributed by atoms with Crippen LogP contribution in [-0.4, -0.2) is 32.3 Å². The summed E-state index contributed by atoms with van der Waals surface area (Å²) in [5.74, 6) is -0.985. The van der Waals surface area contributed by atoms with Gasteiger partial charge in [0, 0.05) is 28.6 Å². The van der Waals surface area contributed by atoms with Crippen LogP contribution in [0, 0.1) is 5.41 Å². The lowest BCUT2D eigenvalue weighted by Gasteiger charge is -2.13. The van der Waals surface area contributed by atoms with Crippen LogP contribution >= 0.6 is 0 Å². The van der Waals surface area contributed by atoms with Crippen molar-refractivity contribution in [3.63, 3.8) is 0 Å². The average Bonchev–Trinajstić information content (AvgIpc) is 2.88. The van der Waals surface area contributed by atoms with E-state index in [2.05, 4.69) is 10.6 Å². The Morgan fingerprint density at radius 3 is 2.14 bits per heavy atom. The van der Waals surface area contributed by atoms with Crippen molar-refractivity contribution in [1.29, 1.82) is 5.41 Å². The first-order chi connectivity index (χ1) is 17.6. The van der Waals surface area contributed by atoms with Crippen molar-refractivity contribution in [3.05, 3.63) is 114 Å². The fourth-order valence-electron chi connectivity index (χ4n) is 3.78. The second kappa shape index (κ2) is 10.5. The number of hydrogen-bond acceptors (Lipinski definition) is 5. The molecule has 186 valence electrons. The molecule has 9 heteroatoms. The molecule has 0 aliphatic rings. The number of carbonyl (C=O) groups is 2. The number of amides is 2. The van der Waals surface area contributed by atoms with E-state index in [-0.39, 0.29) is 16.3 Å². The molecule has 0 aliphatic carbocycles. The normalized spacial score (nSPS) is 10.9. The number of anilines is 2. The zero-order valence-corrected chi connectivity index (χ0v) is 20.7. The molecular weight excluding hydrogens is 488 g/mol. The summed E-state index contributed by atoms with van der Waals surface area (Å²) in [6.45, 7) is 0. The molecule has 8 nitrogen and oxygen atoms in total. The van der Waals surface area contributed by atoms with E-state index in [4.69, 9.17) is 11.1 Å². The SMILES string of the molecule is CS(=O)(=O)c1ccccc1-c1ccc(C(=O)Nc2ccccc2C(=O)Nc2cccc(C(=N)N)c2)cc1. The highest BCUT2D eigenvalue weighted by Crippen LogP contribution is 2.28. The molecule has 0 spiro atoms. The van der Waals surface area contributed by atoms with Gasteiger partial charge in [0.15, 0.2) is 9.84 Å². The van der Waals surface area contributed by atoms with Crippen molar-refractivity contribution in [1.82, 2.24) is 0 Å². The lowest BCUT2D eigenvalue weighted by atomic mass is 10.0. The van der Waals surface area contributed by atoms with Crippen molar-refractivity contribution < 1.29 is 18.0 Å². The molecule has 0 unspecified atom stereocenters. The fourth-order valence-corrected chi connectivity index (χ4v) is 4.69. The van der Waals surface area contributed by atoms with E-state index in [9.17, 15) is 18.0 Å². The highest BCUT2D eigenvalue weighted by atomic mass is 32.2. The molecule has 2 amide bonds. The highest BCUT2D eigenvalue weighted by molar-refractivity contribution is 7.90. The van der Waals surface area contributed by atoms with Crippen LogP contribution < -0.4 is 16.4 Å². The maximum Gasteiger partial charge on any atom is 0.257 e. The molecule has 0 saturated carbocycles. The summed E-state index contributed by atoms with van der Waals surface area (Å²) in [4.78, 5) is 26.1. The Labute approximate surface area is 214 Å². The molecule has 0 atom stereocenters. The molecule has 0 bridgehead atoms. The van der Waals surface area contributed by atoms with Crippen LogP contribution in [0.3, 0.4) is 0 Å². The van der Waals surface area contributed by atoms with Gasteiger partial charge in [0.2, 0.25) is 0 Å². The van der Waals surface area contributed by atoms with Crippen molar-refractivity contribution in [2.75, 3.05) is 16.9 Å². The number of para-hydroxylation sites is 1. The van der Waals surface area contributed by atoms with Gasteiger partial charge >= 0.3 is 0 Å². The Kier molecular flexibility index (Phi) is 7.17. The third-order valence-corrected chi connectivity index (χ3v) is 6.75. The highest BCUT2D eigenvalue weighted by Gasteiger charge is 2.17. The van der Waals surface area contributed by atoms with Crippen LogP contribution in [0.15, 0.2) is 102 Å². The van der Waals surface area contributed by atoms with E-state index in [1.54, 1.807) is 97.1 Å². The number of amidine groups is 1. The predicted molar refractivity (Wildman–Crippen MR) is 145 cm³/mol. The number of nitrogens with two attached hydrogens (primary N) is 1. The largest absolute Gasteiger partial charge is 0.384 e. The van der Waals surface area contributed by atoms with Gasteiger partial charge in [0.25, 0.3) is 11.8 Å². The summed E-state index contributed by atoms with van der Waals surface area (Å²) >= 11 is 0. The second-order valence-electron chi connectivity index (χ2n) is 8.29. The quantitative estimate of drug-likeness (QED) is 0.212. The molecule has 37 heavy (non-hydrogen) atoms. The Morgan fingerprint density at radius 1 is 0.757 bits per heavy atom. The Balaban J connectivity index is 1.54. The minimum Gasteiger partial charge on any atom is -0.384 e. The minimum atomic E-state index is -3.42. The molecule has 0 heterocycles. The summed E-state index contributed by atoms with van der Waals surface area (Å²) < 4.78 is 24.3. The summed E-state index contributed by atoms with van der Waals surface area (Å²) in [5, 5.41) is 13.1. The first kappa shape index (κ1) is 25.3. The maximum absolute atomic E-state index is 13.0. The van der Waals surface area contributed by atoms with Gasteiger partial charge < -0.3 is 16.4 Å². The van der Waals surface area contributed by atoms with Gasteiger partial charge in [0.1, 0.15) is 5.84 Å². The fraction of sp³-hybridized carbons (Fsp3) is 0.0357. The Bertz CT molecular complexity index is 1610. The first-order valence-corrected chi connectivity index (χ1v) is 13.1. The average molecular weight is 513 g/mol. The lowest BCUT2D eigenvalue weighted by molar-refractivity contribution is 0.102. The van der Waals surface area contributed by atoms with Crippen LogP contribution in [0.4, 0.5) is 11.4 Å².